The van der Waals surface area contributed by atoms with Gasteiger partial charge in [-0.3, -0.25) is 14.5 Å². The molecule has 2 aliphatic rings. The first-order valence-electron chi connectivity index (χ1n) is 11.0. The van der Waals surface area contributed by atoms with Crippen molar-refractivity contribution in [1.82, 2.24) is 24.6 Å². The van der Waals surface area contributed by atoms with E-state index in [0.717, 1.165) is 29.9 Å². The van der Waals surface area contributed by atoms with Gasteiger partial charge in [0.05, 0.1) is 5.69 Å². The SMILES string of the molecule is CN1C(=O)N(CC(=O)Nc2cc(C(C)(C)C)nn2-c2ccccn2)C(=O)C12CCCCC2. The van der Waals surface area contributed by atoms with Gasteiger partial charge in [-0.25, -0.2) is 9.78 Å². The highest BCUT2D eigenvalue weighted by atomic mass is 16.2. The number of nitrogens with one attached hydrogen (secondary N) is 1. The molecule has 0 bridgehead atoms. The number of hydrogen-bond acceptors (Lipinski definition) is 5. The van der Waals surface area contributed by atoms with Crippen molar-refractivity contribution in [3.63, 3.8) is 0 Å². The molecule has 1 saturated carbocycles. The first-order chi connectivity index (χ1) is 15.1. The summed E-state index contributed by atoms with van der Waals surface area (Å²) in [6, 6.07) is 6.82. The van der Waals surface area contributed by atoms with Crippen molar-refractivity contribution in [3.8, 4) is 5.82 Å². The van der Waals surface area contributed by atoms with Crippen LogP contribution in [0, 0.1) is 0 Å². The first kappa shape index (κ1) is 22.0. The molecule has 9 nitrogen and oxygen atoms in total. The van der Waals surface area contributed by atoms with Crippen molar-refractivity contribution in [2.75, 3.05) is 18.9 Å². The van der Waals surface area contributed by atoms with E-state index in [9.17, 15) is 14.4 Å². The second-order valence-corrected chi connectivity index (χ2v) is 9.64. The van der Waals surface area contributed by atoms with Crippen LogP contribution in [-0.2, 0) is 15.0 Å². The summed E-state index contributed by atoms with van der Waals surface area (Å²) in [5.74, 6) is 0.282. The van der Waals surface area contributed by atoms with Crippen molar-refractivity contribution in [1.29, 1.82) is 0 Å². The third-order valence-corrected chi connectivity index (χ3v) is 6.40. The number of urea groups is 1. The largest absolute Gasteiger partial charge is 0.327 e. The zero-order chi connectivity index (χ0) is 23.1. The lowest BCUT2D eigenvalue weighted by Gasteiger charge is -2.35. The topological polar surface area (TPSA) is 100 Å². The minimum Gasteiger partial charge on any atom is -0.313 e. The van der Waals surface area contributed by atoms with Gasteiger partial charge in [0.2, 0.25) is 5.91 Å². The van der Waals surface area contributed by atoms with Gasteiger partial charge in [-0.15, -0.1) is 0 Å². The summed E-state index contributed by atoms with van der Waals surface area (Å²) in [5.41, 5.74) is -0.256. The molecule has 2 aromatic rings. The Bertz CT molecular complexity index is 1030. The Hall–Kier alpha value is -3.23. The van der Waals surface area contributed by atoms with E-state index in [2.05, 4.69) is 15.4 Å². The number of hydrogen-bond donors (Lipinski definition) is 1. The minimum absolute atomic E-state index is 0.240. The third-order valence-electron chi connectivity index (χ3n) is 6.40. The Morgan fingerprint density at radius 1 is 1.16 bits per heavy atom. The number of anilines is 1. The molecule has 1 saturated heterocycles. The lowest BCUT2D eigenvalue weighted by Crippen LogP contribution is -2.49. The van der Waals surface area contributed by atoms with E-state index in [1.54, 1.807) is 36.1 Å². The van der Waals surface area contributed by atoms with Crippen LogP contribution in [0.25, 0.3) is 5.82 Å². The molecule has 1 spiro atoms. The summed E-state index contributed by atoms with van der Waals surface area (Å²) in [6.45, 7) is 5.77. The van der Waals surface area contributed by atoms with E-state index >= 15 is 0 Å². The second kappa shape index (κ2) is 8.03. The molecule has 4 amide bonds. The Kier molecular flexibility index (Phi) is 5.52. The predicted molar refractivity (Wildman–Crippen MR) is 119 cm³/mol. The number of pyridine rings is 1. The van der Waals surface area contributed by atoms with Gasteiger partial charge in [0.15, 0.2) is 5.82 Å². The molecule has 0 unspecified atom stereocenters. The number of nitrogens with zero attached hydrogens (tertiary/aromatic N) is 5. The Morgan fingerprint density at radius 2 is 1.88 bits per heavy atom. The van der Waals surface area contributed by atoms with Crippen molar-refractivity contribution in [2.45, 2.75) is 63.8 Å². The quantitative estimate of drug-likeness (QED) is 0.740. The lowest BCUT2D eigenvalue weighted by molar-refractivity contribution is -0.136. The molecule has 0 atom stereocenters. The van der Waals surface area contributed by atoms with E-state index < -0.39 is 17.5 Å². The predicted octanol–water partition coefficient (Wildman–Crippen LogP) is 3.10. The summed E-state index contributed by atoms with van der Waals surface area (Å²) in [4.78, 5) is 45.9. The van der Waals surface area contributed by atoms with E-state index in [-0.39, 0.29) is 17.9 Å². The molecule has 1 aliphatic heterocycles. The van der Waals surface area contributed by atoms with E-state index in [1.165, 1.54) is 4.90 Å². The molecular weight excluding hydrogens is 408 g/mol. The number of amides is 4. The van der Waals surface area contributed by atoms with Crippen LogP contribution >= 0.6 is 0 Å². The van der Waals surface area contributed by atoms with Gasteiger partial charge in [-0.05, 0) is 25.0 Å². The molecule has 1 N–H and O–H groups in total. The summed E-state index contributed by atoms with van der Waals surface area (Å²) in [7, 11) is 1.66. The maximum Gasteiger partial charge on any atom is 0.327 e. The highest BCUT2D eigenvalue weighted by Crippen LogP contribution is 2.39. The first-order valence-corrected chi connectivity index (χ1v) is 11.0. The molecule has 9 heteroatoms. The molecule has 1 aliphatic carbocycles. The summed E-state index contributed by atoms with van der Waals surface area (Å²) in [5, 5.41) is 7.46. The van der Waals surface area contributed by atoms with Crippen LogP contribution in [0.5, 0.6) is 0 Å². The maximum absolute atomic E-state index is 13.2. The highest BCUT2D eigenvalue weighted by molar-refractivity contribution is 6.10. The maximum atomic E-state index is 13.2. The zero-order valence-corrected chi connectivity index (χ0v) is 19.1. The zero-order valence-electron chi connectivity index (χ0n) is 19.1. The number of aromatic nitrogens is 3. The molecular formula is C23H30N6O3. The van der Waals surface area contributed by atoms with Gasteiger partial charge in [-0.2, -0.15) is 9.78 Å². The van der Waals surface area contributed by atoms with Crippen LogP contribution in [-0.4, -0.2) is 61.5 Å². The van der Waals surface area contributed by atoms with Crippen molar-refractivity contribution < 1.29 is 14.4 Å². The molecule has 2 aromatic heterocycles. The molecule has 170 valence electrons. The second-order valence-electron chi connectivity index (χ2n) is 9.64. The average Bonchev–Trinajstić information content (AvgIpc) is 3.26. The summed E-state index contributed by atoms with van der Waals surface area (Å²) < 4.78 is 1.57. The normalized spacial score (nSPS) is 18.5. The number of imide groups is 1. The summed E-state index contributed by atoms with van der Waals surface area (Å²) in [6.07, 6.45) is 5.82. The van der Waals surface area contributed by atoms with Gasteiger partial charge in [0.1, 0.15) is 17.9 Å². The van der Waals surface area contributed by atoms with Crippen LogP contribution < -0.4 is 5.32 Å². The molecule has 32 heavy (non-hydrogen) atoms. The molecule has 0 aromatic carbocycles. The monoisotopic (exact) mass is 438 g/mol. The minimum atomic E-state index is -0.801. The van der Waals surface area contributed by atoms with Crippen LogP contribution in [0.3, 0.4) is 0 Å². The van der Waals surface area contributed by atoms with Crippen LogP contribution in [0.15, 0.2) is 30.5 Å². The van der Waals surface area contributed by atoms with E-state index in [1.807, 2.05) is 26.8 Å². The van der Waals surface area contributed by atoms with Crippen molar-refractivity contribution in [2.24, 2.45) is 0 Å². The number of carbonyl (C=O) groups excluding carboxylic acids is 3. The van der Waals surface area contributed by atoms with Gasteiger partial charge >= 0.3 is 6.03 Å². The van der Waals surface area contributed by atoms with E-state index in [0.29, 0.717) is 24.5 Å². The van der Waals surface area contributed by atoms with Gasteiger partial charge in [-0.1, -0.05) is 46.1 Å². The number of rotatable bonds is 4. The number of carbonyl (C=O) groups is 3. The highest BCUT2D eigenvalue weighted by Gasteiger charge is 2.55. The van der Waals surface area contributed by atoms with E-state index in [4.69, 9.17) is 0 Å². The van der Waals surface area contributed by atoms with Gasteiger partial charge < -0.3 is 10.2 Å². The smallest absolute Gasteiger partial charge is 0.313 e. The lowest BCUT2D eigenvalue weighted by atomic mass is 9.81. The van der Waals surface area contributed by atoms with Gasteiger partial charge in [0.25, 0.3) is 5.91 Å². The molecule has 4 rings (SSSR count). The number of likely N-dealkylation sites (N-methyl/N-ethyl adjacent to an activating group) is 1. The fourth-order valence-corrected chi connectivity index (χ4v) is 4.49. The van der Waals surface area contributed by atoms with Crippen molar-refractivity contribution in [3.05, 3.63) is 36.2 Å². The Labute approximate surface area is 187 Å². The average molecular weight is 439 g/mol. The van der Waals surface area contributed by atoms with Crippen LogP contribution in [0.1, 0.15) is 58.6 Å². The Balaban J connectivity index is 1.56. The molecule has 2 fully saturated rings. The standard InChI is InChI=1S/C23H30N6O3/c1-22(2,3)16-14-18(29(26-16)17-10-6-9-13-24-17)25-19(30)15-28-20(31)23(27(4)21(28)32)11-7-5-8-12-23/h6,9-10,13-14H,5,7-8,11-12,15H2,1-4H3,(H,25,30). The fourth-order valence-electron chi connectivity index (χ4n) is 4.49. The Morgan fingerprint density at radius 3 is 2.50 bits per heavy atom. The van der Waals surface area contributed by atoms with Crippen LogP contribution in [0.4, 0.5) is 10.6 Å². The van der Waals surface area contributed by atoms with Gasteiger partial charge in [0, 0.05) is 24.7 Å². The molecule has 3 heterocycles. The third kappa shape index (κ3) is 3.76. The van der Waals surface area contributed by atoms with Crippen molar-refractivity contribution >= 4 is 23.7 Å². The fraction of sp³-hybridized carbons (Fsp3) is 0.522. The van der Waals surface area contributed by atoms with Crippen LogP contribution in [0.2, 0.25) is 0 Å². The summed E-state index contributed by atoms with van der Waals surface area (Å²) >= 11 is 0. The molecule has 0 radical (unpaired) electrons.